The van der Waals surface area contributed by atoms with E-state index in [4.69, 9.17) is 4.74 Å². The van der Waals surface area contributed by atoms with Gasteiger partial charge in [-0.25, -0.2) is 4.39 Å². The SMILES string of the molecule is CCOc1c(Br)cc(Br)cc1CNCc1ccc(F)cc1. The number of ether oxygens (including phenoxy) is 1. The third-order valence-corrected chi connectivity index (χ3v) is 3.98. The molecule has 0 saturated heterocycles. The monoisotopic (exact) mass is 415 g/mol. The van der Waals surface area contributed by atoms with Gasteiger partial charge in [-0.2, -0.15) is 0 Å². The van der Waals surface area contributed by atoms with Crippen molar-refractivity contribution < 1.29 is 9.13 Å². The van der Waals surface area contributed by atoms with Crippen molar-refractivity contribution in [1.29, 1.82) is 0 Å². The molecule has 112 valence electrons. The van der Waals surface area contributed by atoms with Crippen molar-refractivity contribution in [3.05, 3.63) is 62.3 Å². The van der Waals surface area contributed by atoms with E-state index in [0.717, 1.165) is 25.8 Å². The molecule has 0 unspecified atom stereocenters. The molecule has 0 saturated carbocycles. The van der Waals surface area contributed by atoms with Crippen LogP contribution in [0.4, 0.5) is 4.39 Å². The van der Waals surface area contributed by atoms with Crippen LogP contribution in [-0.4, -0.2) is 6.61 Å². The zero-order valence-electron chi connectivity index (χ0n) is 11.6. The molecule has 2 rings (SSSR count). The number of nitrogens with one attached hydrogen (secondary N) is 1. The molecular formula is C16H16Br2FNO. The lowest BCUT2D eigenvalue weighted by molar-refractivity contribution is 0.333. The molecule has 0 aliphatic carbocycles. The summed E-state index contributed by atoms with van der Waals surface area (Å²) in [6.45, 7) is 3.93. The number of hydrogen-bond donors (Lipinski definition) is 1. The molecule has 0 aliphatic heterocycles. The molecular weight excluding hydrogens is 401 g/mol. The fraction of sp³-hybridized carbons (Fsp3) is 0.250. The zero-order valence-corrected chi connectivity index (χ0v) is 14.8. The lowest BCUT2D eigenvalue weighted by Gasteiger charge is -2.14. The average molecular weight is 417 g/mol. The molecule has 0 fully saturated rings. The van der Waals surface area contributed by atoms with Crippen LogP contribution in [0.25, 0.3) is 0 Å². The van der Waals surface area contributed by atoms with E-state index in [-0.39, 0.29) is 5.82 Å². The van der Waals surface area contributed by atoms with E-state index in [0.29, 0.717) is 19.7 Å². The van der Waals surface area contributed by atoms with Crippen LogP contribution in [-0.2, 0) is 13.1 Å². The second kappa shape index (κ2) is 7.92. The highest BCUT2D eigenvalue weighted by molar-refractivity contribution is 9.11. The van der Waals surface area contributed by atoms with Crippen molar-refractivity contribution in [1.82, 2.24) is 5.32 Å². The molecule has 2 aromatic rings. The molecule has 0 aliphatic rings. The predicted molar refractivity (Wildman–Crippen MR) is 90.0 cm³/mol. The molecule has 0 radical (unpaired) electrons. The predicted octanol–water partition coefficient (Wildman–Crippen LogP) is 5.04. The first kappa shape index (κ1) is 16.5. The normalized spacial score (nSPS) is 10.7. The summed E-state index contributed by atoms with van der Waals surface area (Å²) in [5, 5.41) is 3.35. The van der Waals surface area contributed by atoms with Crippen LogP contribution in [0.1, 0.15) is 18.1 Å². The quantitative estimate of drug-likeness (QED) is 0.712. The van der Waals surface area contributed by atoms with Gasteiger partial charge in [0, 0.05) is 23.1 Å². The number of halogens is 3. The maximum Gasteiger partial charge on any atom is 0.138 e. The molecule has 5 heteroatoms. The van der Waals surface area contributed by atoms with E-state index in [1.807, 2.05) is 19.1 Å². The Balaban J connectivity index is 2.03. The van der Waals surface area contributed by atoms with Crippen molar-refractivity contribution in [3.63, 3.8) is 0 Å². The molecule has 2 aromatic carbocycles. The molecule has 1 N–H and O–H groups in total. The van der Waals surface area contributed by atoms with Crippen molar-refractivity contribution in [3.8, 4) is 5.75 Å². The molecule has 2 nitrogen and oxygen atoms in total. The molecule has 0 amide bonds. The third-order valence-electron chi connectivity index (χ3n) is 2.93. The summed E-state index contributed by atoms with van der Waals surface area (Å²) in [6.07, 6.45) is 0. The van der Waals surface area contributed by atoms with E-state index in [2.05, 4.69) is 37.2 Å². The van der Waals surface area contributed by atoms with Crippen molar-refractivity contribution in [2.75, 3.05) is 6.61 Å². The van der Waals surface area contributed by atoms with Crippen molar-refractivity contribution in [2.24, 2.45) is 0 Å². The highest BCUT2D eigenvalue weighted by atomic mass is 79.9. The highest BCUT2D eigenvalue weighted by Crippen LogP contribution is 2.33. The van der Waals surface area contributed by atoms with Crippen LogP contribution in [0.3, 0.4) is 0 Å². The van der Waals surface area contributed by atoms with Gasteiger partial charge in [-0.05, 0) is 52.7 Å². The summed E-state index contributed by atoms with van der Waals surface area (Å²) in [4.78, 5) is 0. The molecule has 0 spiro atoms. The summed E-state index contributed by atoms with van der Waals surface area (Å²) >= 11 is 7.01. The summed E-state index contributed by atoms with van der Waals surface area (Å²) in [6, 6.07) is 10.5. The first-order valence-corrected chi connectivity index (χ1v) is 8.24. The van der Waals surface area contributed by atoms with E-state index >= 15 is 0 Å². The van der Waals surface area contributed by atoms with Gasteiger partial charge in [0.15, 0.2) is 0 Å². The zero-order chi connectivity index (χ0) is 15.2. The van der Waals surface area contributed by atoms with Crippen LogP contribution in [0.5, 0.6) is 5.75 Å². The standard InChI is InChI=1S/C16H16Br2FNO/c1-2-21-16-12(7-13(17)8-15(16)18)10-20-9-11-3-5-14(19)6-4-11/h3-8,20H,2,9-10H2,1H3. The minimum atomic E-state index is -0.215. The Morgan fingerprint density at radius 3 is 2.48 bits per heavy atom. The molecule has 0 heterocycles. The number of hydrogen-bond acceptors (Lipinski definition) is 2. The molecule has 0 aromatic heterocycles. The summed E-state index contributed by atoms with van der Waals surface area (Å²) < 4.78 is 20.5. The lowest BCUT2D eigenvalue weighted by Crippen LogP contribution is -2.14. The Kier molecular flexibility index (Phi) is 6.21. The second-order valence-electron chi connectivity index (χ2n) is 4.54. The summed E-state index contributed by atoms with van der Waals surface area (Å²) in [7, 11) is 0. The van der Waals surface area contributed by atoms with Crippen molar-refractivity contribution >= 4 is 31.9 Å². The Labute approximate surface area is 141 Å². The van der Waals surface area contributed by atoms with Gasteiger partial charge in [-0.1, -0.05) is 28.1 Å². The van der Waals surface area contributed by atoms with Crippen LogP contribution in [0.2, 0.25) is 0 Å². The second-order valence-corrected chi connectivity index (χ2v) is 6.31. The first-order chi connectivity index (χ1) is 10.1. The average Bonchev–Trinajstić information content (AvgIpc) is 2.44. The largest absolute Gasteiger partial charge is 0.492 e. The van der Waals surface area contributed by atoms with Gasteiger partial charge < -0.3 is 10.1 Å². The highest BCUT2D eigenvalue weighted by Gasteiger charge is 2.09. The van der Waals surface area contributed by atoms with E-state index in [1.54, 1.807) is 12.1 Å². The minimum absolute atomic E-state index is 0.215. The first-order valence-electron chi connectivity index (χ1n) is 6.66. The van der Waals surface area contributed by atoms with E-state index in [9.17, 15) is 4.39 Å². The molecule has 21 heavy (non-hydrogen) atoms. The van der Waals surface area contributed by atoms with Gasteiger partial charge in [0.1, 0.15) is 11.6 Å². The Bertz CT molecular complexity index is 602. The van der Waals surface area contributed by atoms with Crippen LogP contribution >= 0.6 is 31.9 Å². The molecule has 0 bridgehead atoms. The lowest BCUT2D eigenvalue weighted by atomic mass is 10.2. The van der Waals surface area contributed by atoms with Crippen LogP contribution < -0.4 is 10.1 Å². The topological polar surface area (TPSA) is 21.3 Å². The maximum atomic E-state index is 12.9. The van der Waals surface area contributed by atoms with E-state index < -0.39 is 0 Å². The van der Waals surface area contributed by atoms with Crippen molar-refractivity contribution in [2.45, 2.75) is 20.0 Å². The van der Waals surface area contributed by atoms with Crippen LogP contribution in [0, 0.1) is 5.82 Å². The minimum Gasteiger partial charge on any atom is -0.492 e. The summed E-state index contributed by atoms with van der Waals surface area (Å²) in [5.74, 6) is 0.639. The van der Waals surface area contributed by atoms with Gasteiger partial charge in [0.05, 0.1) is 11.1 Å². The molecule has 0 atom stereocenters. The number of rotatable bonds is 6. The van der Waals surface area contributed by atoms with Gasteiger partial charge in [-0.3, -0.25) is 0 Å². The van der Waals surface area contributed by atoms with Gasteiger partial charge in [-0.15, -0.1) is 0 Å². The van der Waals surface area contributed by atoms with Gasteiger partial charge >= 0.3 is 0 Å². The Morgan fingerprint density at radius 1 is 1.10 bits per heavy atom. The number of benzene rings is 2. The Morgan fingerprint density at radius 2 is 1.81 bits per heavy atom. The third kappa shape index (κ3) is 4.80. The fourth-order valence-electron chi connectivity index (χ4n) is 1.99. The fourth-order valence-corrected chi connectivity index (χ4v) is 3.42. The van der Waals surface area contributed by atoms with Crippen LogP contribution in [0.15, 0.2) is 45.3 Å². The summed E-state index contributed by atoms with van der Waals surface area (Å²) in [5.41, 5.74) is 2.11. The van der Waals surface area contributed by atoms with Gasteiger partial charge in [0.2, 0.25) is 0 Å². The smallest absolute Gasteiger partial charge is 0.138 e. The van der Waals surface area contributed by atoms with Gasteiger partial charge in [0.25, 0.3) is 0 Å². The maximum absolute atomic E-state index is 12.9. The van der Waals surface area contributed by atoms with E-state index in [1.165, 1.54) is 12.1 Å². The Hall–Kier alpha value is -0.910.